The maximum atomic E-state index is 14.3. The van der Waals surface area contributed by atoms with Crippen LogP contribution in [-0.2, 0) is 6.54 Å². The molecule has 5 nitrogen and oxygen atoms in total. The molecule has 0 spiro atoms. The third kappa shape index (κ3) is 4.51. The van der Waals surface area contributed by atoms with E-state index < -0.39 is 11.6 Å². The van der Waals surface area contributed by atoms with Gasteiger partial charge >= 0.3 is 0 Å². The Morgan fingerprint density at radius 1 is 1.11 bits per heavy atom. The van der Waals surface area contributed by atoms with Crippen molar-refractivity contribution in [1.29, 1.82) is 0 Å². The van der Waals surface area contributed by atoms with Crippen molar-refractivity contribution in [1.82, 2.24) is 5.16 Å². The Hall–Kier alpha value is -2.45. The van der Waals surface area contributed by atoms with E-state index in [2.05, 4.69) is 5.16 Å². The molecule has 0 fully saturated rings. The molecular weight excluding hydrogens is 410 g/mol. The fourth-order valence-electron chi connectivity index (χ4n) is 2.46. The molecule has 2 aromatic carbocycles. The van der Waals surface area contributed by atoms with Crippen LogP contribution in [0.1, 0.15) is 11.3 Å². The minimum absolute atomic E-state index is 0.152. The van der Waals surface area contributed by atoms with Crippen LogP contribution < -0.4 is 13.8 Å². The first-order chi connectivity index (χ1) is 13.4. The van der Waals surface area contributed by atoms with E-state index in [4.69, 9.17) is 25.6 Å². The first kappa shape index (κ1) is 20.3. The smallest absolute Gasteiger partial charge is 0.182 e. The third-order valence-electron chi connectivity index (χ3n) is 3.86. The van der Waals surface area contributed by atoms with Gasteiger partial charge in [-0.25, -0.2) is 8.78 Å². The summed E-state index contributed by atoms with van der Waals surface area (Å²) in [6.45, 7) is 2.06. The number of anilines is 1. The lowest BCUT2D eigenvalue weighted by Gasteiger charge is -2.22. The molecule has 3 rings (SSSR count). The fourth-order valence-corrected chi connectivity index (χ4v) is 3.63. The summed E-state index contributed by atoms with van der Waals surface area (Å²) in [6.07, 6.45) is 0. The van der Waals surface area contributed by atoms with Gasteiger partial charge in [0.25, 0.3) is 0 Å². The summed E-state index contributed by atoms with van der Waals surface area (Å²) in [5.74, 6) is 0.777. The van der Waals surface area contributed by atoms with Gasteiger partial charge in [0.1, 0.15) is 28.9 Å². The lowest BCUT2D eigenvalue weighted by atomic mass is 10.2. The van der Waals surface area contributed by atoms with Crippen molar-refractivity contribution in [3.8, 4) is 11.5 Å². The normalized spacial score (nSPS) is 10.8. The molecule has 1 aromatic heterocycles. The second-order valence-electron chi connectivity index (χ2n) is 5.80. The van der Waals surface area contributed by atoms with Gasteiger partial charge < -0.3 is 14.0 Å². The van der Waals surface area contributed by atoms with E-state index >= 15 is 0 Å². The molecule has 0 N–H and O–H groups in total. The minimum Gasteiger partial charge on any atom is -0.497 e. The lowest BCUT2D eigenvalue weighted by molar-refractivity contribution is 0.390. The Balaban J connectivity index is 1.96. The Morgan fingerprint density at radius 3 is 2.54 bits per heavy atom. The molecule has 0 aliphatic heterocycles. The number of hydrogen-bond donors (Lipinski definition) is 0. The molecule has 0 aliphatic rings. The summed E-state index contributed by atoms with van der Waals surface area (Å²) in [6, 6.07) is 9.09. The summed E-state index contributed by atoms with van der Waals surface area (Å²) in [5, 5.41) is 3.84. The standard InChI is InChI=1S/C19H17ClF2N2O3S/c1-11-6-19(23-27-11)24(28-18-8-14(20)15(21)9-16(18)22)10-12-4-5-13(25-2)7-17(12)26-3/h4-9H,10H2,1-3H3. The number of halogens is 3. The zero-order valence-corrected chi connectivity index (χ0v) is 16.9. The van der Waals surface area contributed by atoms with Crippen LogP contribution in [-0.4, -0.2) is 19.4 Å². The van der Waals surface area contributed by atoms with Gasteiger partial charge in [0.2, 0.25) is 0 Å². The molecule has 0 atom stereocenters. The number of methoxy groups -OCH3 is 2. The van der Waals surface area contributed by atoms with E-state index in [0.717, 1.165) is 23.6 Å². The predicted molar refractivity (Wildman–Crippen MR) is 104 cm³/mol. The van der Waals surface area contributed by atoms with Crippen LogP contribution in [0.15, 0.2) is 45.8 Å². The van der Waals surface area contributed by atoms with Gasteiger partial charge in [0.05, 0.1) is 30.7 Å². The molecule has 0 amide bonds. The molecule has 9 heteroatoms. The van der Waals surface area contributed by atoms with Crippen molar-refractivity contribution in [3.05, 3.63) is 64.4 Å². The number of nitrogens with zero attached hydrogens (tertiary/aromatic N) is 2. The van der Waals surface area contributed by atoms with Crippen LogP contribution in [0.4, 0.5) is 14.6 Å². The SMILES string of the molecule is COc1ccc(CN(Sc2cc(Cl)c(F)cc2F)c2cc(C)on2)c(OC)c1. The molecule has 0 aliphatic carbocycles. The number of hydrogen-bond acceptors (Lipinski definition) is 6. The Kier molecular flexibility index (Phi) is 6.31. The predicted octanol–water partition coefficient (Wildman–Crippen LogP) is 5.65. The van der Waals surface area contributed by atoms with Gasteiger partial charge in [-0.2, -0.15) is 0 Å². The van der Waals surface area contributed by atoms with Gasteiger partial charge in [-0.3, -0.25) is 4.31 Å². The highest BCUT2D eigenvalue weighted by molar-refractivity contribution is 8.00. The molecule has 0 bridgehead atoms. The summed E-state index contributed by atoms with van der Waals surface area (Å²) in [5.41, 5.74) is 0.810. The average Bonchev–Trinajstić information content (AvgIpc) is 3.11. The highest BCUT2D eigenvalue weighted by Crippen LogP contribution is 2.36. The quantitative estimate of drug-likeness (QED) is 0.359. The number of aryl methyl sites for hydroxylation is 1. The molecule has 0 radical (unpaired) electrons. The molecule has 3 aromatic rings. The van der Waals surface area contributed by atoms with Crippen LogP contribution in [0.25, 0.3) is 0 Å². The average molecular weight is 427 g/mol. The van der Waals surface area contributed by atoms with E-state index in [1.807, 2.05) is 6.07 Å². The molecule has 148 valence electrons. The van der Waals surface area contributed by atoms with Crippen molar-refractivity contribution >= 4 is 29.4 Å². The van der Waals surface area contributed by atoms with E-state index in [9.17, 15) is 8.78 Å². The van der Waals surface area contributed by atoms with E-state index in [0.29, 0.717) is 29.6 Å². The van der Waals surface area contributed by atoms with Crippen LogP contribution in [0, 0.1) is 18.6 Å². The van der Waals surface area contributed by atoms with Gasteiger partial charge in [0.15, 0.2) is 5.82 Å². The van der Waals surface area contributed by atoms with Crippen molar-refractivity contribution in [2.75, 3.05) is 18.5 Å². The largest absolute Gasteiger partial charge is 0.497 e. The molecular formula is C19H17ClF2N2O3S. The summed E-state index contributed by atoms with van der Waals surface area (Å²) in [4.78, 5) is 0.152. The maximum absolute atomic E-state index is 14.3. The van der Waals surface area contributed by atoms with Crippen molar-refractivity contribution < 1.29 is 22.8 Å². The molecule has 28 heavy (non-hydrogen) atoms. The maximum Gasteiger partial charge on any atom is 0.182 e. The summed E-state index contributed by atoms with van der Waals surface area (Å²) >= 11 is 6.85. The van der Waals surface area contributed by atoms with Gasteiger partial charge in [-0.15, -0.1) is 0 Å². The Bertz CT molecular complexity index is 984. The number of rotatable bonds is 7. The molecule has 0 saturated carbocycles. The van der Waals surface area contributed by atoms with Crippen LogP contribution >= 0.6 is 23.5 Å². The van der Waals surface area contributed by atoms with Crippen LogP contribution in [0.5, 0.6) is 11.5 Å². The fraction of sp³-hybridized carbons (Fsp3) is 0.211. The van der Waals surface area contributed by atoms with E-state index in [-0.39, 0.29) is 9.92 Å². The number of ether oxygens (including phenoxy) is 2. The highest BCUT2D eigenvalue weighted by atomic mass is 35.5. The first-order valence-electron chi connectivity index (χ1n) is 8.15. The first-order valence-corrected chi connectivity index (χ1v) is 9.30. The third-order valence-corrected chi connectivity index (χ3v) is 5.20. The second-order valence-corrected chi connectivity index (χ2v) is 7.27. The molecule has 0 unspecified atom stereocenters. The van der Waals surface area contributed by atoms with Gasteiger partial charge in [-0.05, 0) is 37.1 Å². The van der Waals surface area contributed by atoms with E-state index in [1.165, 1.54) is 6.07 Å². The molecule has 1 heterocycles. The monoisotopic (exact) mass is 426 g/mol. The minimum atomic E-state index is -0.816. The Morgan fingerprint density at radius 2 is 1.89 bits per heavy atom. The van der Waals surface area contributed by atoms with E-state index in [1.54, 1.807) is 43.6 Å². The molecule has 0 saturated heterocycles. The van der Waals surface area contributed by atoms with Crippen LogP contribution in [0.3, 0.4) is 0 Å². The number of benzene rings is 2. The van der Waals surface area contributed by atoms with Crippen molar-refractivity contribution in [2.45, 2.75) is 18.4 Å². The Labute approximate surface area is 170 Å². The van der Waals surface area contributed by atoms with Crippen molar-refractivity contribution in [3.63, 3.8) is 0 Å². The van der Waals surface area contributed by atoms with Crippen LogP contribution in [0.2, 0.25) is 5.02 Å². The summed E-state index contributed by atoms with van der Waals surface area (Å²) < 4.78 is 45.3. The lowest BCUT2D eigenvalue weighted by Crippen LogP contribution is -2.15. The zero-order valence-electron chi connectivity index (χ0n) is 15.3. The second kappa shape index (κ2) is 8.70. The van der Waals surface area contributed by atoms with Gasteiger partial charge in [-0.1, -0.05) is 16.8 Å². The summed E-state index contributed by atoms with van der Waals surface area (Å²) in [7, 11) is 3.12. The number of aromatic nitrogens is 1. The van der Waals surface area contributed by atoms with Crippen molar-refractivity contribution in [2.24, 2.45) is 0 Å². The zero-order chi connectivity index (χ0) is 20.3. The highest BCUT2D eigenvalue weighted by Gasteiger charge is 2.19. The topological polar surface area (TPSA) is 47.7 Å². The van der Waals surface area contributed by atoms with Gasteiger partial charge in [0, 0.05) is 23.8 Å².